The standard InChI is InChI=1S/C17H24N2O6S/c1-26(23,24)19-10-14-9-18(11-17(14,12-19)16(21)22)8-13-4-2-3-5-15(13)25-7-6-20/h2-5,14,20H,6-12H2,1H3,(H,21,22)/t14-,17-/m1/s1. The van der Waals surface area contributed by atoms with Gasteiger partial charge in [-0.3, -0.25) is 9.69 Å². The zero-order valence-corrected chi connectivity index (χ0v) is 15.5. The van der Waals surface area contributed by atoms with Crippen LogP contribution in [0.15, 0.2) is 24.3 Å². The second-order valence-electron chi connectivity index (χ2n) is 7.06. The van der Waals surface area contributed by atoms with Crippen LogP contribution in [0.3, 0.4) is 0 Å². The Balaban J connectivity index is 1.76. The SMILES string of the molecule is CS(=O)(=O)N1C[C@H]2CN(Cc3ccccc3OCCO)C[C@@]2(C(=O)O)C1. The molecule has 1 aromatic rings. The molecule has 0 radical (unpaired) electrons. The quantitative estimate of drug-likeness (QED) is 0.672. The molecule has 144 valence electrons. The number of hydrogen-bond donors (Lipinski definition) is 2. The highest BCUT2D eigenvalue weighted by molar-refractivity contribution is 7.88. The number of aliphatic hydroxyl groups excluding tert-OH is 1. The van der Waals surface area contributed by atoms with Crippen molar-refractivity contribution in [2.24, 2.45) is 11.3 Å². The highest BCUT2D eigenvalue weighted by Gasteiger charge is 2.59. The van der Waals surface area contributed by atoms with Gasteiger partial charge in [0.1, 0.15) is 12.4 Å². The van der Waals surface area contributed by atoms with E-state index >= 15 is 0 Å². The van der Waals surface area contributed by atoms with E-state index < -0.39 is 21.4 Å². The molecule has 0 aliphatic carbocycles. The molecule has 8 nitrogen and oxygen atoms in total. The van der Waals surface area contributed by atoms with E-state index in [2.05, 4.69) is 0 Å². The zero-order chi connectivity index (χ0) is 18.9. The predicted molar refractivity (Wildman–Crippen MR) is 94.3 cm³/mol. The molecule has 2 saturated heterocycles. The maximum atomic E-state index is 12.0. The van der Waals surface area contributed by atoms with Crippen molar-refractivity contribution in [2.45, 2.75) is 6.54 Å². The summed E-state index contributed by atoms with van der Waals surface area (Å²) in [6, 6.07) is 7.46. The van der Waals surface area contributed by atoms with E-state index in [9.17, 15) is 18.3 Å². The first-order chi connectivity index (χ1) is 12.3. The second kappa shape index (κ2) is 7.15. The summed E-state index contributed by atoms with van der Waals surface area (Å²) < 4.78 is 30.5. The Labute approximate surface area is 153 Å². The van der Waals surface area contributed by atoms with Gasteiger partial charge in [0, 0.05) is 44.2 Å². The highest BCUT2D eigenvalue weighted by Crippen LogP contribution is 2.44. The molecule has 2 N–H and O–H groups in total. The summed E-state index contributed by atoms with van der Waals surface area (Å²) in [5.74, 6) is -0.512. The number of nitrogens with zero attached hydrogens (tertiary/aromatic N) is 2. The second-order valence-corrected chi connectivity index (χ2v) is 9.05. The van der Waals surface area contributed by atoms with Crippen LogP contribution in [0.5, 0.6) is 5.75 Å². The molecule has 3 rings (SSSR count). The number of carboxylic acids is 1. The normalized spacial score (nSPS) is 26.8. The smallest absolute Gasteiger partial charge is 0.312 e. The fourth-order valence-corrected chi connectivity index (χ4v) is 4.89. The number of para-hydroxylation sites is 1. The number of likely N-dealkylation sites (tertiary alicyclic amines) is 1. The third-order valence-electron chi connectivity index (χ3n) is 5.26. The lowest BCUT2D eigenvalue weighted by molar-refractivity contribution is -0.148. The number of aliphatic hydroxyl groups is 1. The average molecular weight is 384 g/mol. The number of carboxylic acid groups (broad SMARTS) is 1. The number of rotatable bonds is 7. The third kappa shape index (κ3) is 3.57. The molecular weight excluding hydrogens is 360 g/mol. The van der Waals surface area contributed by atoms with Crippen LogP contribution in [0.2, 0.25) is 0 Å². The van der Waals surface area contributed by atoms with Crippen molar-refractivity contribution < 1.29 is 28.2 Å². The molecule has 0 amide bonds. The number of hydrogen-bond acceptors (Lipinski definition) is 6. The van der Waals surface area contributed by atoms with Gasteiger partial charge in [0.2, 0.25) is 10.0 Å². The van der Waals surface area contributed by atoms with E-state index in [1.54, 1.807) is 0 Å². The first kappa shape index (κ1) is 19.1. The number of aliphatic carboxylic acids is 1. The molecule has 26 heavy (non-hydrogen) atoms. The minimum Gasteiger partial charge on any atom is -0.491 e. The molecule has 2 aliphatic rings. The van der Waals surface area contributed by atoms with Gasteiger partial charge in [-0.25, -0.2) is 12.7 Å². The largest absolute Gasteiger partial charge is 0.491 e. The first-order valence-electron chi connectivity index (χ1n) is 8.49. The molecule has 0 bridgehead atoms. The number of ether oxygens (including phenoxy) is 1. The zero-order valence-electron chi connectivity index (χ0n) is 14.7. The molecule has 9 heteroatoms. The molecule has 2 fully saturated rings. The van der Waals surface area contributed by atoms with Crippen LogP contribution in [-0.4, -0.2) is 79.5 Å². The Hall–Kier alpha value is -1.68. The van der Waals surface area contributed by atoms with Gasteiger partial charge in [-0.15, -0.1) is 0 Å². The molecule has 0 spiro atoms. The average Bonchev–Trinajstić information content (AvgIpc) is 3.09. The van der Waals surface area contributed by atoms with Crippen molar-refractivity contribution in [3.63, 3.8) is 0 Å². The number of carbonyl (C=O) groups is 1. The first-order valence-corrected chi connectivity index (χ1v) is 10.3. The summed E-state index contributed by atoms with van der Waals surface area (Å²) >= 11 is 0. The van der Waals surface area contributed by atoms with Crippen LogP contribution >= 0.6 is 0 Å². The Morgan fingerprint density at radius 1 is 1.31 bits per heavy atom. The van der Waals surface area contributed by atoms with Crippen LogP contribution < -0.4 is 4.74 Å². The van der Waals surface area contributed by atoms with Gasteiger partial charge in [0.05, 0.1) is 18.3 Å². The summed E-state index contributed by atoms with van der Waals surface area (Å²) in [5.41, 5.74) is -0.148. The van der Waals surface area contributed by atoms with Gasteiger partial charge in [-0.1, -0.05) is 18.2 Å². The lowest BCUT2D eigenvalue weighted by atomic mass is 9.81. The monoisotopic (exact) mass is 384 g/mol. The molecule has 2 aliphatic heterocycles. The van der Waals surface area contributed by atoms with Gasteiger partial charge in [0.15, 0.2) is 0 Å². The van der Waals surface area contributed by atoms with Crippen molar-refractivity contribution in [1.82, 2.24) is 9.21 Å². The highest BCUT2D eigenvalue weighted by atomic mass is 32.2. The van der Waals surface area contributed by atoms with Gasteiger partial charge in [0.25, 0.3) is 0 Å². The predicted octanol–water partition coefficient (Wildman–Crippen LogP) is -0.164. The summed E-state index contributed by atoms with van der Waals surface area (Å²) in [6.45, 7) is 1.72. The van der Waals surface area contributed by atoms with Crippen LogP contribution in [0, 0.1) is 11.3 Å². The van der Waals surface area contributed by atoms with E-state index in [0.717, 1.165) is 11.8 Å². The maximum absolute atomic E-state index is 12.0. The van der Waals surface area contributed by atoms with Gasteiger partial charge < -0.3 is 14.9 Å². The summed E-state index contributed by atoms with van der Waals surface area (Å²) in [5, 5.41) is 18.8. The Kier molecular flexibility index (Phi) is 5.25. The fraction of sp³-hybridized carbons (Fsp3) is 0.588. The minimum atomic E-state index is -3.40. The lowest BCUT2D eigenvalue weighted by Gasteiger charge is -2.25. The number of sulfonamides is 1. The fourth-order valence-electron chi connectivity index (χ4n) is 3.97. The van der Waals surface area contributed by atoms with Gasteiger partial charge in [-0.2, -0.15) is 0 Å². The summed E-state index contributed by atoms with van der Waals surface area (Å²) in [4.78, 5) is 14.0. The van der Waals surface area contributed by atoms with Crippen molar-refractivity contribution in [3.8, 4) is 5.75 Å². The molecule has 2 atom stereocenters. The Morgan fingerprint density at radius 2 is 2.04 bits per heavy atom. The van der Waals surface area contributed by atoms with Crippen molar-refractivity contribution in [2.75, 3.05) is 45.6 Å². The van der Waals surface area contributed by atoms with Gasteiger partial charge in [-0.05, 0) is 6.07 Å². The van der Waals surface area contributed by atoms with Crippen molar-refractivity contribution in [3.05, 3.63) is 29.8 Å². The van der Waals surface area contributed by atoms with Crippen molar-refractivity contribution >= 4 is 16.0 Å². The molecule has 0 saturated carbocycles. The minimum absolute atomic E-state index is 0.0188. The van der Waals surface area contributed by atoms with Crippen molar-refractivity contribution in [1.29, 1.82) is 0 Å². The number of benzene rings is 1. The molecule has 1 aromatic carbocycles. The molecular formula is C17H24N2O6S. The lowest BCUT2D eigenvalue weighted by Crippen LogP contribution is -2.41. The topological polar surface area (TPSA) is 107 Å². The molecule has 0 aromatic heterocycles. The van der Waals surface area contributed by atoms with Crippen LogP contribution in [-0.2, 0) is 21.4 Å². The van der Waals surface area contributed by atoms with Crippen LogP contribution in [0.25, 0.3) is 0 Å². The van der Waals surface area contributed by atoms with E-state index in [1.165, 1.54) is 4.31 Å². The van der Waals surface area contributed by atoms with Gasteiger partial charge >= 0.3 is 5.97 Å². The molecule has 0 unspecified atom stereocenters. The van der Waals surface area contributed by atoms with Crippen LogP contribution in [0.1, 0.15) is 5.56 Å². The molecule has 2 heterocycles. The Morgan fingerprint density at radius 3 is 2.65 bits per heavy atom. The van der Waals surface area contributed by atoms with E-state index in [-0.39, 0.29) is 32.2 Å². The van der Waals surface area contributed by atoms with E-state index in [0.29, 0.717) is 25.4 Å². The maximum Gasteiger partial charge on any atom is 0.312 e. The number of fused-ring (bicyclic) bond motifs is 1. The van der Waals surface area contributed by atoms with E-state index in [4.69, 9.17) is 9.84 Å². The summed E-state index contributed by atoms with van der Waals surface area (Å²) in [7, 11) is -3.40. The summed E-state index contributed by atoms with van der Waals surface area (Å²) in [6.07, 6.45) is 1.12. The Bertz CT molecular complexity index is 783. The third-order valence-corrected chi connectivity index (χ3v) is 6.47. The van der Waals surface area contributed by atoms with Crippen LogP contribution in [0.4, 0.5) is 0 Å². The van der Waals surface area contributed by atoms with E-state index in [1.807, 2.05) is 29.2 Å².